The summed E-state index contributed by atoms with van der Waals surface area (Å²) in [6.45, 7) is 0.479. The average molecular weight is 337 g/mol. The largest absolute Gasteiger partial charge is 0.478 e. The highest BCUT2D eigenvalue weighted by Crippen LogP contribution is 2.42. The molecule has 2 aromatic carbocycles. The first-order valence-corrected chi connectivity index (χ1v) is 8.66. The molecule has 0 heterocycles. The van der Waals surface area contributed by atoms with Crippen LogP contribution < -0.4 is 0 Å². The van der Waals surface area contributed by atoms with Gasteiger partial charge in [-0.15, -0.1) is 0 Å². The Balaban J connectivity index is 1.79. The highest BCUT2D eigenvalue weighted by atomic mass is 16.4. The first-order valence-electron chi connectivity index (χ1n) is 8.66. The number of likely N-dealkylation sites (N-methyl/N-ethyl adjacent to an activating group) is 1. The van der Waals surface area contributed by atoms with E-state index in [4.69, 9.17) is 5.11 Å². The molecule has 0 bridgehead atoms. The average Bonchev–Trinajstić information content (AvgIpc) is 3.13. The van der Waals surface area contributed by atoms with Crippen molar-refractivity contribution >= 4 is 11.9 Å². The van der Waals surface area contributed by atoms with Crippen LogP contribution >= 0.6 is 0 Å². The Morgan fingerprint density at radius 3 is 2.16 bits per heavy atom. The summed E-state index contributed by atoms with van der Waals surface area (Å²) < 4.78 is 0. The second kappa shape index (κ2) is 7.09. The quantitative estimate of drug-likeness (QED) is 0.901. The predicted molar refractivity (Wildman–Crippen MR) is 96.5 cm³/mol. The summed E-state index contributed by atoms with van der Waals surface area (Å²) in [6.07, 6.45) is 3.92. The van der Waals surface area contributed by atoms with Gasteiger partial charge in [-0.3, -0.25) is 4.79 Å². The lowest BCUT2D eigenvalue weighted by molar-refractivity contribution is -0.136. The van der Waals surface area contributed by atoms with Gasteiger partial charge in [0.2, 0.25) is 5.91 Å². The van der Waals surface area contributed by atoms with Gasteiger partial charge in [-0.2, -0.15) is 0 Å². The minimum absolute atomic E-state index is 0.151. The van der Waals surface area contributed by atoms with Gasteiger partial charge in [0, 0.05) is 13.6 Å². The number of hydrogen-bond acceptors (Lipinski definition) is 2. The molecule has 1 aliphatic rings. The zero-order valence-electron chi connectivity index (χ0n) is 14.4. The molecule has 1 aliphatic carbocycles. The predicted octanol–water partition coefficient (Wildman–Crippen LogP) is 3.86. The summed E-state index contributed by atoms with van der Waals surface area (Å²) >= 11 is 0. The fourth-order valence-electron chi connectivity index (χ4n) is 3.83. The van der Waals surface area contributed by atoms with Crippen LogP contribution in [0.4, 0.5) is 0 Å². The Labute approximate surface area is 148 Å². The first-order chi connectivity index (χ1) is 12.0. The molecular weight excluding hydrogens is 314 g/mol. The van der Waals surface area contributed by atoms with E-state index in [1.165, 1.54) is 0 Å². The van der Waals surface area contributed by atoms with E-state index in [-0.39, 0.29) is 11.5 Å². The van der Waals surface area contributed by atoms with Crippen molar-refractivity contribution in [3.8, 4) is 0 Å². The number of aromatic carboxylic acids is 1. The van der Waals surface area contributed by atoms with Crippen molar-refractivity contribution in [1.82, 2.24) is 4.90 Å². The van der Waals surface area contributed by atoms with Gasteiger partial charge in [-0.05, 0) is 36.1 Å². The third-order valence-electron chi connectivity index (χ3n) is 5.16. The van der Waals surface area contributed by atoms with E-state index in [1.54, 1.807) is 29.2 Å². The number of nitrogens with zero attached hydrogens (tertiary/aromatic N) is 1. The summed E-state index contributed by atoms with van der Waals surface area (Å²) in [6, 6.07) is 16.8. The normalized spacial score (nSPS) is 15.7. The maximum absolute atomic E-state index is 13.3. The number of amides is 1. The van der Waals surface area contributed by atoms with E-state index in [1.807, 2.05) is 25.2 Å². The zero-order chi connectivity index (χ0) is 17.9. The molecule has 1 saturated carbocycles. The maximum Gasteiger partial charge on any atom is 0.335 e. The topological polar surface area (TPSA) is 57.6 Å². The van der Waals surface area contributed by atoms with Gasteiger partial charge in [-0.25, -0.2) is 4.79 Å². The summed E-state index contributed by atoms with van der Waals surface area (Å²) in [5, 5.41) is 8.98. The van der Waals surface area contributed by atoms with Crippen LogP contribution in [0.25, 0.3) is 0 Å². The summed E-state index contributed by atoms with van der Waals surface area (Å²) in [5.74, 6) is -0.788. The van der Waals surface area contributed by atoms with Gasteiger partial charge in [0.15, 0.2) is 0 Å². The van der Waals surface area contributed by atoms with E-state index in [0.717, 1.165) is 36.8 Å². The van der Waals surface area contributed by atoms with Gasteiger partial charge in [-0.1, -0.05) is 55.3 Å². The summed E-state index contributed by atoms with van der Waals surface area (Å²) in [4.78, 5) is 26.0. The van der Waals surface area contributed by atoms with Gasteiger partial charge in [0.05, 0.1) is 11.0 Å². The second-order valence-electron chi connectivity index (χ2n) is 6.82. The minimum Gasteiger partial charge on any atom is -0.478 e. The highest BCUT2D eigenvalue weighted by molar-refractivity contribution is 5.89. The monoisotopic (exact) mass is 337 g/mol. The zero-order valence-corrected chi connectivity index (χ0v) is 14.4. The van der Waals surface area contributed by atoms with Crippen LogP contribution in [0.15, 0.2) is 54.6 Å². The SMILES string of the molecule is CN(Cc1ccc(C(=O)O)cc1)C(=O)C1(c2ccccc2)CCCC1. The second-order valence-corrected chi connectivity index (χ2v) is 6.82. The van der Waals surface area contributed by atoms with Crippen molar-refractivity contribution in [2.75, 3.05) is 7.05 Å². The smallest absolute Gasteiger partial charge is 0.335 e. The summed E-state index contributed by atoms with van der Waals surface area (Å²) in [5.41, 5.74) is 1.87. The molecule has 1 amide bonds. The van der Waals surface area contributed by atoms with E-state index in [2.05, 4.69) is 12.1 Å². The van der Waals surface area contributed by atoms with Crippen molar-refractivity contribution in [2.24, 2.45) is 0 Å². The molecular formula is C21H23NO3. The molecule has 1 N–H and O–H groups in total. The molecule has 25 heavy (non-hydrogen) atoms. The molecule has 0 aromatic heterocycles. The molecule has 2 aromatic rings. The van der Waals surface area contributed by atoms with Crippen molar-refractivity contribution in [3.63, 3.8) is 0 Å². The van der Waals surface area contributed by atoms with Crippen LogP contribution in [0.5, 0.6) is 0 Å². The lowest BCUT2D eigenvalue weighted by Crippen LogP contribution is -2.43. The number of carboxylic acids is 1. The molecule has 0 atom stereocenters. The number of rotatable bonds is 5. The van der Waals surface area contributed by atoms with Crippen LogP contribution in [-0.2, 0) is 16.8 Å². The molecule has 3 rings (SSSR count). The molecule has 4 nitrogen and oxygen atoms in total. The standard InChI is InChI=1S/C21H23NO3/c1-22(15-16-9-11-17(12-10-16)19(23)24)20(25)21(13-5-6-14-21)18-7-3-2-4-8-18/h2-4,7-12H,5-6,13-15H2,1H3,(H,23,24). The first kappa shape index (κ1) is 17.2. The minimum atomic E-state index is -0.940. The number of hydrogen-bond donors (Lipinski definition) is 1. The van der Waals surface area contributed by atoms with E-state index in [9.17, 15) is 9.59 Å². The molecule has 0 aliphatic heterocycles. The van der Waals surface area contributed by atoms with E-state index < -0.39 is 11.4 Å². The molecule has 130 valence electrons. The molecule has 0 saturated heterocycles. The third kappa shape index (κ3) is 3.43. The van der Waals surface area contributed by atoms with Crippen LogP contribution in [0.2, 0.25) is 0 Å². The van der Waals surface area contributed by atoms with Gasteiger partial charge in [0.1, 0.15) is 0 Å². The van der Waals surface area contributed by atoms with Gasteiger partial charge >= 0.3 is 5.97 Å². The van der Waals surface area contributed by atoms with Crippen molar-refractivity contribution in [2.45, 2.75) is 37.6 Å². The van der Waals surface area contributed by atoms with Crippen LogP contribution in [0.1, 0.15) is 47.2 Å². The van der Waals surface area contributed by atoms with Crippen LogP contribution in [0.3, 0.4) is 0 Å². The summed E-state index contributed by atoms with van der Waals surface area (Å²) in [7, 11) is 1.83. The molecule has 0 spiro atoms. The molecule has 4 heteroatoms. The number of carbonyl (C=O) groups excluding carboxylic acids is 1. The molecule has 1 fully saturated rings. The Morgan fingerprint density at radius 1 is 1.00 bits per heavy atom. The third-order valence-corrected chi connectivity index (χ3v) is 5.16. The van der Waals surface area contributed by atoms with E-state index in [0.29, 0.717) is 6.54 Å². The van der Waals surface area contributed by atoms with Crippen molar-refractivity contribution in [3.05, 3.63) is 71.3 Å². The fourth-order valence-corrected chi connectivity index (χ4v) is 3.83. The number of carboxylic acid groups (broad SMARTS) is 1. The molecule has 0 unspecified atom stereocenters. The number of benzene rings is 2. The molecule has 0 radical (unpaired) electrons. The maximum atomic E-state index is 13.3. The fraction of sp³-hybridized carbons (Fsp3) is 0.333. The van der Waals surface area contributed by atoms with Crippen molar-refractivity contribution in [1.29, 1.82) is 0 Å². The van der Waals surface area contributed by atoms with Crippen LogP contribution in [-0.4, -0.2) is 28.9 Å². The Kier molecular flexibility index (Phi) is 4.88. The Morgan fingerprint density at radius 2 is 1.60 bits per heavy atom. The van der Waals surface area contributed by atoms with Gasteiger partial charge in [0.25, 0.3) is 0 Å². The Hall–Kier alpha value is -2.62. The lowest BCUT2D eigenvalue weighted by atomic mass is 9.77. The van der Waals surface area contributed by atoms with E-state index >= 15 is 0 Å². The highest BCUT2D eigenvalue weighted by Gasteiger charge is 2.43. The van der Waals surface area contributed by atoms with Crippen molar-refractivity contribution < 1.29 is 14.7 Å². The van der Waals surface area contributed by atoms with Gasteiger partial charge < -0.3 is 10.0 Å². The van der Waals surface area contributed by atoms with Crippen LogP contribution in [0, 0.1) is 0 Å². The Bertz CT molecular complexity index is 746. The number of carbonyl (C=O) groups is 2. The lowest BCUT2D eigenvalue weighted by Gasteiger charge is -2.33.